The van der Waals surface area contributed by atoms with Crippen LogP contribution in [0.3, 0.4) is 0 Å². The van der Waals surface area contributed by atoms with Crippen LogP contribution in [0, 0.1) is 5.82 Å². The maximum absolute atomic E-state index is 13.7. The summed E-state index contributed by atoms with van der Waals surface area (Å²) in [6, 6.07) is 4.60. The van der Waals surface area contributed by atoms with E-state index in [-0.39, 0.29) is 11.7 Å². The molecular weight excluding hydrogens is 309 g/mol. The predicted octanol–water partition coefficient (Wildman–Crippen LogP) is 3.10. The zero-order chi connectivity index (χ0) is 16.5. The highest BCUT2D eigenvalue weighted by Gasteiger charge is 2.27. The van der Waals surface area contributed by atoms with Gasteiger partial charge in [0.25, 0.3) is 0 Å². The number of benzene rings is 1. The van der Waals surface area contributed by atoms with Crippen molar-refractivity contribution < 1.29 is 8.91 Å². The molecule has 0 N–H and O–H groups in total. The quantitative estimate of drug-likeness (QED) is 0.736. The second-order valence-electron chi connectivity index (χ2n) is 6.04. The minimum Gasteiger partial charge on any atom is -0.355 e. The summed E-state index contributed by atoms with van der Waals surface area (Å²) in [5.74, 6) is 2.10. The Kier molecular flexibility index (Phi) is 3.84. The molecule has 24 heavy (non-hydrogen) atoms. The normalized spacial score (nSPS) is 18.2. The number of halogens is 1. The highest BCUT2D eigenvalue weighted by atomic mass is 19.1. The summed E-state index contributed by atoms with van der Waals surface area (Å²) >= 11 is 0. The van der Waals surface area contributed by atoms with Gasteiger partial charge < -0.3 is 9.42 Å². The smallest absolute Gasteiger partial charge is 0.226 e. The third-order valence-corrected chi connectivity index (χ3v) is 4.45. The summed E-state index contributed by atoms with van der Waals surface area (Å²) in [6.07, 6.45) is 4.28. The van der Waals surface area contributed by atoms with E-state index >= 15 is 0 Å². The van der Waals surface area contributed by atoms with Gasteiger partial charge in [0.2, 0.25) is 5.89 Å². The molecule has 3 heterocycles. The van der Waals surface area contributed by atoms with Crippen LogP contribution in [0.1, 0.15) is 37.4 Å². The second kappa shape index (κ2) is 6.14. The van der Waals surface area contributed by atoms with Gasteiger partial charge in [-0.15, -0.1) is 0 Å². The lowest BCUT2D eigenvalue weighted by Crippen LogP contribution is -2.35. The summed E-state index contributed by atoms with van der Waals surface area (Å²) in [4.78, 5) is 15.3. The van der Waals surface area contributed by atoms with Crippen molar-refractivity contribution in [1.82, 2.24) is 20.1 Å². The van der Waals surface area contributed by atoms with Gasteiger partial charge in [-0.25, -0.2) is 14.4 Å². The van der Waals surface area contributed by atoms with Gasteiger partial charge in [0, 0.05) is 30.8 Å². The van der Waals surface area contributed by atoms with Gasteiger partial charge in [-0.3, -0.25) is 0 Å². The zero-order valence-corrected chi connectivity index (χ0v) is 13.4. The molecule has 6 nitrogen and oxygen atoms in total. The van der Waals surface area contributed by atoms with Crippen molar-refractivity contribution in [2.45, 2.75) is 32.1 Å². The number of nitrogens with zero attached hydrogens (tertiary/aromatic N) is 5. The Bertz CT molecular complexity index is 865. The molecule has 1 aromatic carbocycles. The Labute approximate surface area is 138 Å². The van der Waals surface area contributed by atoms with Crippen molar-refractivity contribution >= 4 is 16.7 Å². The van der Waals surface area contributed by atoms with Crippen LogP contribution >= 0.6 is 0 Å². The fraction of sp³-hybridized carbons (Fsp3) is 0.412. The first-order valence-corrected chi connectivity index (χ1v) is 8.22. The van der Waals surface area contributed by atoms with Crippen LogP contribution in [0.2, 0.25) is 0 Å². The first kappa shape index (κ1) is 15.0. The van der Waals surface area contributed by atoms with Crippen molar-refractivity contribution in [3.05, 3.63) is 42.1 Å². The van der Waals surface area contributed by atoms with E-state index in [1.807, 2.05) is 6.92 Å². The molecule has 0 amide bonds. The second-order valence-corrected chi connectivity index (χ2v) is 6.04. The van der Waals surface area contributed by atoms with E-state index in [4.69, 9.17) is 4.52 Å². The van der Waals surface area contributed by atoms with E-state index in [0.717, 1.165) is 54.9 Å². The van der Waals surface area contributed by atoms with Gasteiger partial charge >= 0.3 is 0 Å². The maximum atomic E-state index is 13.7. The number of anilines is 1. The minimum absolute atomic E-state index is 0.196. The standard InChI is InChI=1S/C17H18FN5O/c1-2-15-21-16(22-24-15)11-4-3-7-23(9-11)17-13-8-12(18)5-6-14(13)19-10-20-17/h5-6,8,10-11H,2-4,7,9H2,1H3. The van der Waals surface area contributed by atoms with Crippen molar-refractivity contribution in [3.8, 4) is 0 Å². The van der Waals surface area contributed by atoms with Crippen molar-refractivity contribution in [2.24, 2.45) is 0 Å². The molecule has 3 aromatic rings. The number of piperidine rings is 1. The van der Waals surface area contributed by atoms with Crippen LogP contribution < -0.4 is 4.90 Å². The molecule has 1 saturated heterocycles. The summed E-state index contributed by atoms with van der Waals surface area (Å²) in [6.45, 7) is 3.61. The molecule has 1 unspecified atom stereocenters. The SMILES string of the molecule is CCc1nc(C2CCCN(c3ncnc4ccc(F)cc34)C2)no1. The molecule has 124 valence electrons. The van der Waals surface area contributed by atoms with Crippen LogP contribution in [0.25, 0.3) is 10.9 Å². The minimum atomic E-state index is -0.280. The van der Waals surface area contributed by atoms with Gasteiger partial charge in [-0.2, -0.15) is 4.98 Å². The molecule has 0 radical (unpaired) electrons. The Morgan fingerprint density at radius 2 is 2.25 bits per heavy atom. The van der Waals surface area contributed by atoms with E-state index in [2.05, 4.69) is 25.0 Å². The molecule has 0 aliphatic carbocycles. The third-order valence-electron chi connectivity index (χ3n) is 4.45. The summed E-state index contributed by atoms with van der Waals surface area (Å²) in [7, 11) is 0. The topological polar surface area (TPSA) is 67.9 Å². The average molecular weight is 327 g/mol. The highest BCUT2D eigenvalue weighted by Crippen LogP contribution is 2.31. The lowest BCUT2D eigenvalue weighted by atomic mass is 9.97. The number of aromatic nitrogens is 4. The number of hydrogen-bond donors (Lipinski definition) is 0. The van der Waals surface area contributed by atoms with Crippen LogP contribution in [-0.2, 0) is 6.42 Å². The van der Waals surface area contributed by atoms with E-state index in [1.165, 1.54) is 18.5 Å². The Morgan fingerprint density at radius 1 is 1.33 bits per heavy atom. The Morgan fingerprint density at radius 3 is 3.08 bits per heavy atom. The van der Waals surface area contributed by atoms with E-state index in [0.29, 0.717) is 5.89 Å². The summed E-state index contributed by atoms with van der Waals surface area (Å²) in [5, 5.41) is 4.85. The van der Waals surface area contributed by atoms with Crippen LogP contribution in [0.4, 0.5) is 10.2 Å². The molecule has 2 aromatic heterocycles. The predicted molar refractivity (Wildman–Crippen MR) is 87.4 cm³/mol. The van der Waals surface area contributed by atoms with Gasteiger partial charge in [0.15, 0.2) is 5.82 Å². The number of rotatable bonds is 3. The van der Waals surface area contributed by atoms with Crippen LogP contribution in [-0.4, -0.2) is 33.2 Å². The number of aryl methyl sites for hydroxylation is 1. The molecule has 1 fully saturated rings. The van der Waals surface area contributed by atoms with Crippen molar-refractivity contribution in [3.63, 3.8) is 0 Å². The molecule has 1 aliphatic heterocycles. The van der Waals surface area contributed by atoms with Gasteiger partial charge in [0.05, 0.1) is 5.52 Å². The van der Waals surface area contributed by atoms with Crippen LogP contribution in [0.15, 0.2) is 29.0 Å². The molecule has 1 aliphatic rings. The maximum Gasteiger partial charge on any atom is 0.226 e. The molecule has 1 atom stereocenters. The van der Waals surface area contributed by atoms with Crippen molar-refractivity contribution in [2.75, 3.05) is 18.0 Å². The first-order chi connectivity index (χ1) is 11.7. The lowest BCUT2D eigenvalue weighted by molar-refractivity contribution is 0.368. The average Bonchev–Trinajstić information content (AvgIpc) is 3.10. The number of hydrogen-bond acceptors (Lipinski definition) is 6. The zero-order valence-electron chi connectivity index (χ0n) is 13.4. The van der Waals surface area contributed by atoms with Gasteiger partial charge in [-0.1, -0.05) is 12.1 Å². The number of fused-ring (bicyclic) bond motifs is 1. The monoisotopic (exact) mass is 327 g/mol. The third kappa shape index (κ3) is 2.70. The summed E-state index contributed by atoms with van der Waals surface area (Å²) < 4.78 is 18.9. The van der Waals surface area contributed by atoms with E-state index in [9.17, 15) is 4.39 Å². The van der Waals surface area contributed by atoms with Gasteiger partial charge in [-0.05, 0) is 31.0 Å². The highest BCUT2D eigenvalue weighted by molar-refractivity contribution is 5.89. The van der Waals surface area contributed by atoms with Gasteiger partial charge in [0.1, 0.15) is 18.0 Å². The largest absolute Gasteiger partial charge is 0.355 e. The molecule has 0 bridgehead atoms. The molecule has 4 rings (SSSR count). The molecule has 0 saturated carbocycles. The van der Waals surface area contributed by atoms with E-state index < -0.39 is 0 Å². The first-order valence-electron chi connectivity index (χ1n) is 8.22. The van der Waals surface area contributed by atoms with Crippen LogP contribution in [0.5, 0.6) is 0 Å². The molecule has 7 heteroatoms. The summed E-state index contributed by atoms with van der Waals surface area (Å²) in [5.41, 5.74) is 0.747. The lowest BCUT2D eigenvalue weighted by Gasteiger charge is -2.32. The molecule has 0 spiro atoms. The van der Waals surface area contributed by atoms with E-state index in [1.54, 1.807) is 6.07 Å². The Hall–Kier alpha value is -2.57. The fourth-order valence-corrected chi connectivity index (χ4v) is 3.22. The van der Waals surface area contributed by atoms with Crippen molar-refractivity contribution in [1.29, 1.82) is 0 Å². The molecular formula is C17H18FN5O. The Balaban J connectivity index is 1.65. The fourth-order valence-electron chi connectivity index (χ4n) is 3.22.